The Morgan fingerprint density at radius 2 is 1.42 bits per heavy atom. The third-order valence-electron chi connectivity index (χ3n) is 4.41. The predicted molar refractivity (Wildman–Crippen MR) is 75.1 cm³/mol. The summed E-state index contributed by atoms with van der Waals surface area (Å²) in [5.74, 6) is -0.611. The van der Waals surface area contributed by atoms with E-state index in [0.717, 1.165) is 12.8 Å². The zero-order valence-corrected chi connectivity index (χ0v) is 13.4. The van der Waals surface area contributed by atoms with Crippen LogP contribution in [-0.4, -0.2) is 35.1 Å². The zero-order chi connectivity index (χ0) is 14.7. The minimum atomic E-state index is -0.611. The standard InChI is InChI=1S/C15H30NO3/c1-7-14(8-2)12-15(18-9-3,19-10-4)11-13(5,6)16(14)17/h7-12H2,1-6H3. The van der Waals surface area contributed by atoms with Gasteiger partial charge in [-0.3, -0.25) is 0 Å². The van der Waals surface area contributed by atoms with Crippen LogP contribution in [0.4, 0.5) is 0 Å². The van der Waals surface area contributed by atoms with Crippen molar-refractivity contribution < 1.29 is 14.7 Å². The fourth-order valence-corrected chi connectivity index (χ4v) is 3.57. The Morgan fingerprint density at radius 3 is 1.79 bits per heavy atom. The van der Waals surface area contributed by atoms with Crippen LogP contribution in [0, 0.1) is 0 Å². The molecule has 0 atom stereocenters. The van der Waals surface area contributed by atoms with Crippen molar-refractivity contribution in [1.82, 2.24) is 5.06 Å². The lowest BCUT2D eigenvalue weighted by atomic mass is 9.73. The largest absolute Gasteiger partial charge is 0.350 e. The number of hydrogen-bond donors (Lipinski definition) is 0. The minimum absolute atomic E-state index is 0.383. The van der Waals surface area contributed by atoms with E-state index in [1.54, 1.807) is 0 Å². The average Bonchev–Trinajstić information content (AvgIpc) is 2.34. The Balaban J connectivity index is 3.15. The lowest BCUT2D eigenvalue weighted by molar-refractivity contribution is -0.368. The highest BCUT2D eigenvalue weighted by Crippen LogP contribution is 2.48. The summed E-state index contributed by atoms with van der Waals surface area (Å²) in [6, 6.07) is 0. The molecular formula is C15H30NO3. The van der Waals surface area contributed by atoms with Crippen LogP contribution in [0.15, 0.2) is 0 Å². The molecule has 19 heavy (non-hydrogen) atoms. The first-order valence-electron chi connectivity index (χ1n) is 7.57. The molecular weight excluding hydrogens is 242 g/mol. The molecule has 0 spiro atoms. The molecule has 4 nitrogen and oxygen atoms in total. The molecule has 1 aliphatic rings. The summed E-state index contributed by atoms with van der Waals surface area (Å²) < 4.78 is 11.9. The molecule has 0 N–H and O–H groups in total. The van der Waals surface area contributed by atoms with Crippen LogP contribution in [0.5, 0.6) is 0 Å². The molecule has 113 valence electrons. The Hall–Kier alpha value is -0.160. The number of piperidine rings is 1. The lowest BCUT2D eigenvalue weighted by Crippen LogP contribution is -2.66. The summed E-state index contributed by atoms with van der Waals surface area (Å²) in [5, 5.41) is 14.0. The quantitative estimate of drug-likeness (QED) is 0.695. The fraction of sp³-hybridized carbons (Fsp3) is 1.00. The zero-order valence-electron chi connectivity index (χ0n) is 13.4. The third-order valence-corrected chi connectivity index (χ3v) is 4.41. The number of nitrogens with zero attached hydrogens (tertiary/aromatic N) is 1. The van der Waals surface area contributed by atoms with Crippen molar-refractivity contribution in [2.75, 3.05) is 13.2 Å². The van der Waals surface area contributed by atoms with E-state index in [2.05, 4.69) is 13.8 Å². The molecule has 4 heteroatoms. The van der Waals surface area contributed by atoms with Gasteiger partial charge in [-0.1, -0.05) is 13.8 Å². The van der Waals surface area contributed by atoms with Crippen molar-refractivity contribution in [2.45, 2.75) is 84.1 Å². The summed E-state index contributed by atoms with van der Waals surface area (Å²) in [6.07, 6.45) is 2.91. The van der Waals surface area contributed by atoms with E-state index in [4.69, 9.17) is 9.47 Å². The molecule has 0 saturated carbocycles. The molecule has 1 fully saturated rings. The second-order valence-corrected chi connectivity index (χ2v) is 6.17. The molecule has 0 unspecified atom stereocenters. The van der Waals surface area contributed by atoms with Gasteiger partial charge in [-0.25, -0.2) is 0 Å². The van der Waals surface area contributed by atoms with Gasteiger partial charge in [0.1, 0.15) is 0 Å². The first-order valence-corrected chi connectivity index (χ1v) is 7.57. The van der Waals surface area contributed by atoms with Crippen molar-refractivity contribution in [1.29, 1.82) is 0 Å². The summed E-state index contributed by atoms with van der Waals surface area (Å²) in [7, 11) is 0. The first-order chi connectivity index (χ1) is 8.81. The van der Waals surface area contributed by atoms with Crippen LogP contribution >= 0.6 is 0 Å². The van der Waals surface area contributed by atoms with Gasteiger partial charge in [0.2, 0.25) is 0 Å². The van der Waals surface area contributed by atoms with Gasteiger partial charge in [0, 0.05) is 31.6 Å². The summed E-state index contributed by atoms with van der Waals surface area (Å²) in [6.45, 7) is 13.3. The van der Waals surface area contributed by atoms with Gasteiger partial charge in [-0.2, -0.15) is 0 Å². The van der Waals surface area contributed by atoms with Crippen LogP contribution < -0.4 is 0 Å². The summed E-state index contributed by atoms with van der Waals surface area (Å²) >= 11 is 0. The number of ether oxygens (including phenoxy) is 2. The highest BCUT2D eigenvalue weighted by molar-refractivity contribution is 5.03. The van der Waals surface area contributed by atoms with Gasteiger partial charge in [0.25, 0.3) is 0 Å². The predicted octanol–water partition coefficient (Wildman–Crippen LogP) is 3.53. The monoisotopic (exact) mass is 272 g/mol. The maximum Gasteiger partial charge on any atom is 0.171 e. The van der Waals surface area contributed by atoms with E-state index in [9.17, 15) is 5.21 Å². The van der Waals surface area contributed by atoms with E-state index in [-0.39, 0.29) is 5.54 Å². The highest BCUT2D eigenvalue weighted by atomic mass is 16.7. The van der Waals surface area contributed by atoms with Crippen LogP contribution in [0.1, 0.15) is 67.2 Å². The normalized spacial score (nSPS) is 25.4. The van der Waals surface area contributed by atoms with Crippen molar-refractivity contribution >= 4 is 0 Å². The molecule has 0 aliphatic carbocycles. The number of hydroxylamine groups is 2. The average molecular weight is 272 g/mol. The highest BCUT2D eigenvalue weighted by Gasteiger charge is 2.56. The Labute approximate surface area is 118 Å². The molecule has 0 aromatic rings. The molecule has 0 amide bonds. The maximum atomic E-state index is 12.7. The van der Waals surface area contributed by atoms with E-state index in [1.807, 2.05) is 27.7 Å². The van der Waals surface area contributed by atoms with Gasteiger partial charge < -0.3 is 9.47 Å². The topological polar surface area (TPSA) is 41.6 Å². The van der Waals surface area contributed by atoms with E-state index in [0.29, 0.717) is 26.1 Å². The van der Waals surface area contributed by atoms with Crippen LogP contribution in [0.2, 0.25) is 0 Å². The number of rotatable bonds is 6. The molecule has 1 saturated heterocycles. The van der Waals surface area contributed by atoms with Crippen molar-refractivity contribution in [3.63, 3.8) is 0 Å². The summed E-state index contributed by atoms with van der Waals surface area (Å²) in [4.78, 5) is 0. The smallest absolute Gasteiger partial charge is 0.171 e. The number of hydrogen-bond acceptors (Lipinski definition) is 3. The van der Waals surface area contributed by atoms with Crippen LogP contribution in [0.25, 0.3) is 0 Å². The molecule has 1 heterocycles. The van der Waals surface area contributed by atoms with Gasteiger partial charge in [-0.15, -0.1) is 10.3 Å². The molecule has 0 bridgehead atoms. The lowest BCUT2D eigenvalue weighted by Gasteiger charge is -2.56. The first kappa shape index (κ1) is 16.9. The molecule has 1 radical (unpaired) electrons. The third kappa shape index (κ3) is 3.13. The SMILES string of the molecule is CCOC1(OCC)CC(C)(C)N([O])C(CC)(CC)C1. The van der Waals surface area contributed by atoms with Gasteiger partial charge in [0.05, 0.1) is 5.54 Å². The molecule has 1 aliphatic heterocycles. The van der Waals surface area contributed by atoms with Gasteiger partial charge in [0.15, 0.2) is 5.79 Å². The Kier molecular flexibility index (Phi) is 5.41. The fourth-order valence-electron chi connectivity index (χ4n) is 3.57. The van der Waals surface area contributed by atoms with E-state index in [1.165, 1.54) is 5.06 Å². The molecule has 0 aromatic carbocycles. The van der Waals surface area contributed by atoms with E-state index < -0.39 is 11.3 Å². The van der Waals surface area contributed by atoms with Gasteiger partial charge >= 0.3 is 0 Å². The van der Waals surface area contributed by atoms with Crippen LogP contribution in [-0.2, 0) is 14.7 Å². The Bertz CT molecular complexity index is 281. The van der Waals surface area contributed by atoms with Crippen molar-refractivity contribution in [3.05, 3.63) is 0 Å². The Morgan fingerprint density at radius 1 is 0.947 bits per heavy atom. The van der Waals surface area contributed by atoms with E-state index >= 15 is 0 Å². The van der Waals surface area contributed by atoms with Crippen molar-refractivity contribution in [2.24, 2.45) is 0 Å². The maximum absolute atomic E-state index is 12.7. The second-order valence-electron chi connectivity index (χ2n) is 6.17. The summed E-state index contributed by atoms with van der Waals surface area (Å²) in [5.41, 5.74) is -0.847. The molecule has 1 rings (SSSR count). The molecule has 0 aromatic heterocycles. The van der Waals surface area contributed by atoms with Crippen molar-refractivity contribution in [3.8, 4) is 0 Å². The second kappa shape index (κ2) is 6.08. The minimum Gasteiger partial charge on any atom is -0.350 e. The van der Waals surface area contributed by atoms with Crippen LogP contribution in [0.3, 0.4) is 0 Å². The van der Waals surface area contributed by atoms with Gasteiger partial charge in [-0.05, 0) is 40.5 Å².